The Labute approximate surface area is 172 Å². The van der Waals surface area contributed by atoms with Crippen LogP contribution in [0, 0.1) is 10.1 Å². The number of hydrogen-bond donors (Lipinski definition) is 2. The standard InChI is InChI=1S/C17H15N5O6S2/c23-22(24)15-4-1-3-13(11-15)12-29(25,26)20-14-5-7-16(8-6-14)30(27,28)21-17-18-9-2-10-19-17/h1-11,20H,12H2,(H,18,19,21). The number of anilines is 2. The number of non-ortho nitro benzene ring substituents is 1. The number of benzene rings is 2. The first kappa shape index (κ1) is 21.1. The van der Waals surface area contributed by atoms with Crippen molar-refractivity contribution in [3.8, 4) is 0 Å². The lowest BCUT2D eigenvalue weighted by Crippen LogP contribution is -2.16. The molecule has 0 bridgehead atoms. The van der Waals surface area contributed by atoms with E-state index in [0.29, 0.717) is 0 Å². The number of hydrogen-bond acceptors (Lipinski definition) is 8. The number of rotatable bonds is 8. The molecule has 3 rings (SSSR count). The van der Waals surface area contributed by atoms with Crippen molar-refractivity contribution < 1.29 is 21.8 Å². The van der Waals surface area contributed by atoms with Crippen molar-refractivity contribution in [1.82, 2.24) is 9.97 Å². The van der Waals surface area contributed by atoms with E-state index in [4.69, 9.17) is 0 Å². The maximum Gasteiger partial charge on any atom is 0.269 e. The summed E-state index contributed by atoms with van der Waals surface area (Å²) in [5, 5.41) is 10.8. The number of nitrogens with zero attached hydrogens (tertiary/aromatic N) is 3. The summed E-state index contributed by atoms with van der Waals surface area (Å²) < 4.78 is 53.9. The average molecular weight is 449 g/mol. The van der Waals surface area contributed by atoms with E-state index in [1.54, 1.807) is 0 Å². The smallest absolute Gasteiger partial charge is 0.269 e. The lowest BCUT2D eigenvalue weighted by Gasteiger charge is -2.10. The summed E-state index contributed by atoms with van der Waals surface area (Å²) in [6.45, 7) is 0. The molecule has 0 unspecified atom stereocenters. The third-order valence-electron chi connectivity index (χ3n) is 3.71. The zero-order valence-corrected chi connectivity index (χ0v) is 16.8. The fraction of sp³-hybridized carbons (Fsp3) is 0.0588. The fourth-order valence-electron chi connectivity index (χ4n) is 2.43. The molecule has 11 nitrogen and oxygen atoms in total. The topological polar surface area (TPSA) is 161 Å². The van der Waals surface area contributed by atoms with E-state index >= 15 is 0 Å². The third kappa shape index (κ3) is 5.48. The molecule has 0 radical (unpaired) electrons. The van der Waals surface area contributed by atoms with Gasteiger partial charge in [-0.25, -0.2) is 31.5 Å². The predicted molar refractivity (Wildman–Crippen MR) is 109 cm³/mol. The Hall–Kier alpha value is -3.58. The number of sulfonamides is 2. The Bertz CT molecular complexity index is 1260. The normalized spacial score (nSPS) is 11.6. The van der Waals surface area contributed by atoms with Gasteiger partial charge < -0.3 is 0 Å². The van der Waals surface area contributed by atoms with Crippen molar-refractivity contribution in [2.75, 3.05) is 9.44 Å². The molecule has 0 amide bonds. The number of nitro benzene ring substituents is 1. The summed E-state index contributed by atoms with van der Waals surface area (Å²) in [5.74, 6) is -0.582. The van der Waals surface area contributed by atoms with E-state index in [9.17, 15) is 26.9 Å². The van der Waals surface area contributed by atoms with Crippen molar-refractivity contribution in [3.63, 3.8) is 0 Å². The molecule has 0 aliphatic carbocycles. The molecule has 0 aliphatic rings. The van der Waals surface area contributed by atoms with Gasteiger partial charge in [0, 0.05) is 30.2 Å². The molecule has 156 valence electrons. The largest absolute Gasteiger partial charge is 0.283 e. The van der Waals surface area contributed by atoms with Gasteiger partial charge in [-0.1, -0.05) is 12.1 Å². The molecular formula is C17H15N5O6S2. The quantitative estimate of drug-likeness (QED) is 0.390. The van der Waals surface area contributed by atoms with Crippen LogP contribution in [0.4, 0.5) is 17.3 Å². The van der Waals surface area contributed by atoms with Gasteiger partial charge in [-0.15, -0.1) is 0 Å². The van der Waals surface area contributed by atoms with Crippen LogP contribution < -0.4 is 9.44 Å². The highest BCUT2D eigenvalue weighted by atomic mass is 32.2. The summed E-state index contributed by atoms with van der Waals surface area (Å²) in [4.78, 5) is 17.6. The Kier molecular flexibility index (Phi) is 5.94. The summed E-state index contributed by atoms with van der Waals surface area (Å²) in [6, 6.07) is 11.8. The monoisotopic (exact) mass is 449 g/mol. The van der Waals surface area contributed by atoms with Gasteiger partial charge in [0.05, 0.1) is 15.6 Å². The molecular weight excluding hydrogens is 434 g/mol. The van der Waals surface area contributed by atoms with Crippen LogP contribution in [0.2, 0.25) is 0 Å². The zero-order valence-electron chi connectivity index (χ0n) is 15.2. The lowest BCUT2D eigenvalue weighted by molar-refractivity contribution is -0.384. The first-order valence-electron chi connectivity index (χ1n) is 8.28. The summed E-state index contributed by atoms with van der Waals surface area (Å²) >= 11 is 0. The van der Waals surface area contributed by atoms with Crippen molar-refractivity contribution >= 4 is 37.4 Å². The maximum atomic E-state index is 12.3. The average Bonchev–Trinajstić information content (AvgIpc) is 2.68. The van der Waals surface area contributed by atoms with Crippen LogP contribution in [0.15, 0.2) is 71.9 Å². The van der Waals surface area contributed by atoms with Crippen molar-refractivity contribution in [1.29, 1.82) is 0 Å². The SMILES string of the molecule is O=[N+]([O-])c1cccc(CS(=O)(=O)Nc2ccc(S(=O)(=O)Nc3ncccn3)cc2)c1. The second-order valence-electron chi connectivity index (χ2n) is 5.99. The molecule has 2 N–H and O–H groups in total. The van der Waals surface area contributed by atoms with E-state index in [1.807, 2.05) is 0 Å². The molecule has 0 saturated heterocycles. The van der Waals surface area contributed by atoms with Crippen LogP contribution in [-0.2, 0) is 25.8 Å². The van der Waals surface area contributed by atoms with Gasteiger partial charge in [0.15, 0.2) is 0 Å². The van der Waals surface area contributed by atoms with Gasteiger partial charge in [0.1, 0.15) is 0 Å². The van der Waals surface area contributed by atoms with E-state index in [1.165, 1.54) is 67.0 Å². The van der Waals surface area contributed by atoms with Gasteiger partial charge in [-0.05, 0) is 35.9 Å². The summed E-state index contributed by atoms with van der Waals surface area (Å²) in [7, 11) is -7.84. The second-order valence-corrected chi connectivity index (χ2v) is 9.40. The predicted octanol–water partition coefficient (Wildman–Crippen LogP) is 2.13. The highest BCUT2D eigenvalue weighted by Crippen LogP contribution is 2.19. The van der Waals surface area contributed by atoms with Crippen LogP contribution in [0.25, 0.3) is 0 Å². The number of nitro groups is 1. The van der Waals surface area contributed by atoms with E-state index in [2.05, 4.69) is 19.4 Å². The first-order chi connectivity index (χ1) is 14.1. The second kappa shape index (κ2) is 8.42. The van der Waals surface area contributed by atoms with E-state index < -0.39 is 30.7 Å². The molecule has 1 heterocycles. The minimum atomic E-state index is -3.95. The van der Waals surface area contributed by atoms with Crippen molar-refractivity contribution in [3.05, 3.63) is 82.7 Å². The molecule has 0 atom stereocenters. The van der Waals surface area contributed by atoms with Gasteiger partial charge in [-0.3, -0.25) is 14.8 Å². The number of nitrogens with one attached hydrogen (secondary N) is 2. The van der Waals surface area contributed by atoms with E-state index in [-0.39, 0.29) is 27.8 Å². The summed E-state index contributed by atoms with van der Waals surface area (Å²) in [5.41, 5.74) is 0.158. The molecule has 2 aromatic carbocycles. The van der Waals surface area contributed by atoms with Crippen LogP contribution in [-0.4, -0.2) is 31.7 Å². The molecule has 30 heavy (non-hydrogen) atoms. The molecule has 3 aromatic rings. The Morgan fingerprint density at radius 1 is 0.900 bits per heavy atom. The van der Waals surface area contributed by atoms with Crippen LogP contribution in [0.3, 0.4) is 0 Å². The van der Waals surface area contributed by atoms with Gasteiger partial charge >= 0.3 is 0 Å². The first-order valence-corrected chi connectivity index (χ1v) is 11.4. The van der Waals surface area contributed by atoms with Crippen LogP contribution >= 0.6 is 0 Å². The molecule has 1 aromatic heterocycles. The number of aromatic nitrogens is 2. The van der Waals surface area contributed by atoms with Crippen molar-refractivity contribution in [2.24, 2.45) is 0 Å². The highest BCUT2D eigenvalue weighted by molar-refractivity contribution is 7.92. The van der Waals surface area contributed by atoms with Crippen molar-refractivity contribution in [2.45, 2.75) is 10.6 Å². The molecule has 0 spiro atoms. The molecule has 13 heteroatoms. The fourth-order valence-corrected chi connectivity index (χ4v) is 4.57. The molecule has 0 fully saturated rings. The van der Waals surface area contributed by atoms with Gasteiger partial charge in [0.25, 0.3) is 15.7 Å². The maximum absolute atomic E-state index is 12.3. The minimum absolute atomic E-state index is 0.0979. The van der Waals surface area contributed by atoms with E-state index in [0.717, 1.165) is 0 Å². The van der Waals surface area contributed by atoms with Crippen LogP contribution in [0.1, 0.15) is 5.56 Å². The van der Waals surface area contributed by atoms with Gasteiger partial charge in [0.2, 0.25) is 16.0 Å². The Morgan fingerprint density at radius 2 is 1.57 bits per heavy atom. The summed E-state index contributed by atoms with van der Waals surface area (Å²) in [6.07, 6.45) is 2.76. The third-order valence-corrected chi connectivity index (χ3v) is 6.31. The molecule has 0 saturated carbocycles. The van der Waals surface area contributed by atoms with Gasteiger partial charge in [-0.2, -0.15) is 0 Å². The highest BCUT2D eigenvalue weighted by Gasteiger charge is 2.17. The lowest BCUT2D eigenvalue weighted by atomic mass is 10.2. The Morgan fingerprint density at radius 3 is 2.20 bits per heavy atom. The molecule has 0 aliphatic heterocycles. The van der Waals surface area contributed by atoms with Crippen LogP contribution in [0.5, 0.6) is 0 Å². The minimum Gasteiger partial charge on any atom is -0.283 e. The zero-order chi connectivity index (χ0) is 21.8. The Balaban J connectivity index is 1.71.